The quantitative estimate of drug-likeness (QED) is 0.624. The number of benzene rings is 2. The minimum absolute atomic E-state index is 0.106. The summed E-state index contributed by atoms with van der Waals surface area (Å²) in [6.45, 7) is 2.08. The molecule has 3 N–H and O–H groups in total. The average molecular weight is 367 g/mol. The van der Waals surface area contributed by atoms with Crippen LogP contribution in [0.2, 0.25) is 0 Å². The van der Waals surface area contributed by atoms with Crippen molar-refractivity contribution in [3.63, 3.8) is 0 Å². The normalized spacial score (nSPS) is 13.5. The van der Waals surface area contributed by atoms with Crippen molar-refractivity contribution < 1.29 is 19.1 Å². The average Bonchev–Trinajstić information content (AvgIpc) is 3.08. The number of hydrogen-bond donors (Lipinski definition) is 2. The Morgan fingerprint density at radius 2 is 1.93 bits per heavy atom. The first-order chi connectivity index (χ1) is 13.0. The number of esters is 1. The molecule has 0 saturated carbocycles. The van der Waals surface area contributed by atoms with Gasteiger partial charge in [0.15, 0.2) is 6.61 Å². The second-order valence-corrected chi connectivity index (χ2v) is 6.36. The molecule has 1 aliphatic heterocycles. The number of nitrogens with one attached hydrogen (secondary N) is 1. The third-order valence-corrected chi connectivity index (χ3v) is 4.41. The van der Waals surface area contributed by atoms with Gasteiger partial charge in [-0.2, -0.15) is 0 Å². The summed E-state index contributed by atoms with van der Waals surface area (Å²) in [5, 5.41) is 2.65. The number of nitrogens with zero attached hydrogens (tertiary/aromatic N) is 1. The first-order valence-corrected chi connectivity index (χ1v) is 8.68. The Labute approximate surface area is 157 Å². The van der Waals surface area contributed by atoms with Gasteiger partial charge in [0.25, 0.3) is 5.91 Å². The molecule has 2 amide bonds. The van der Waals surface area contributed by atoms with Gasteiger partial charge in [-0.1, -0.05) is 12.1 Å². The van der Waals surface area contributed by atoms with Crippen LogP contribution in [0, 0.1) is 6.92 Å². The number of aryl methyl sites for hydroxylation is 1. The molecule has 140 valence electrons. The molecule has 7 heteroatoms. The molecule has 0 bridgehead atoms. The van der Waals surface area contributed by atoms with Gasteiger partial charge in [-0.05, 0) is 49.2 Å². The Morgan fingerprint density at radius 1 is 1.19 bits per heavy atom. The molecule has 0 spiro atoms. The summed E-state index contributed by atoms with van der Waals surface area (Å²) < 4.78 is 5.03. The van der Waals surface area contributed by atoms with Gasteiger partial charge in [0.05, 0.1) is 5.56 Å². The van der Waals surface area contributed by atoms with Crippen molar-refractivity contribution in [2.24, 2.45) is 0 Å². The van der Waals surface area contributed by atoms with Gasteiger partial charge in [-0.15, -0.1) is 0 Å². The number of para-hydroxylation sites is 1. The third kappa shape index (κ3) is 4.25. The van der Waals surface area contributed by atoms with E-state index in [1.54, 1.807) is 54.3 Å². The molecular weight excluding hydrogens is 346 g/mol. The molecule has 1 saturated heterocycles. The van der Waals surface area contributed by atoms with Crippen LogP contribution in [-0.4, -0.2) is 30.9 Å². The number of ether oxygens (including phenoxy) is 1. The van der Waals surface area contributed by atoms with E-state index in [9.17, 15) is 14.4 Å². The van der Waals surface area contributed by atoms with Crippen molar-refractivity contribution in [1.82, 2.24) is 0 Å². The van der Waals surface area contributed by atoms with E-state index in [4.69, 9.17) is 10.5 Å². The summed E-state index contributed by atoms with van der Waals surface area (Å²) in [6.07, 6.45) is 1.42. The fraction of sp³-hybridized carbons (Fsp3) is 0.250. The fourth-order valence-electron chi connectivity index (χ4n) is 2.91. The maximum atomic E-state index is 12.1. The molecule has 7 nitrogen and oxygen atoms in total. The highest BCUT2D eigenvalue weighted by Crippen LogP contribution is 2.23. The Morgan fingerprint density at radius 3 is 2.59 bits per heavy atom. The van der Waals surface area contributed by atoms with Crippen molar-refractivity contribution in [2.75, 3.05) is 29.1 Å². The Bertz CT molecular complexity index is 877. The lowest BCUT2D eigenvalue weighted by atomic mass is 10.1. The third-order valence-electron chi connectivity index (χ3n) is 4.41. The first-order valence-electron chi connectivity index (χ1n) is 8.68. The minimum Gasteiger partial charge on any atom is -0.452 e. The molecule has 0 aromatic heterocycles. The molecule has 1 aliphatic rings. The van der Waals surface area contributed by atoms with E-state index in [1.165, 1.54) is 0 Å². The molecule has 2 aromatic rings. The lowest BCUT2D eigenvalue weighted by Crippen LogP contribution is -2.24. The van der Waals surface area contributed by atoms with Gasteiger partial charge in [0.1, 0.15) is 0 Å². The number of amides is 2. The van der Waals surface area contributed by atoms with E-state index in [1.807, 2.05) is 0 Å². The number of carbonyl (C=O) groups is 3. The van der Waals surface area contributed by atoms with E-state index in [2.05, 4.69) is 5.32 Å². The molecule has 1 heterocycles. The topological polar surface area (TPSA) is 102 Å². The number of carbonyl (C=O) groups excluding carboxylic acids is 3. The number of nitrogen functional groups attached to an aromatic ring is 1. The standard InChI is InChI=1S/C20H21N3O4/c1-13-4-2-5-16(19(13)21)20(26)27-12-17(24)22-14-7-9-15(10-8-14)23-11-3-6-18(23)25/h2,4-5,7-10H,3,6,11-12,21H2,1H3,(H,22,24). The van der Waals surface area contributed by atoms with Crippen LogP contribution in [0.4, 0.5) is 17.1 Å². The summed E-state index contributed by atoms with van der Waals surface area (Å²) in [4.78, 5) is 37.6. The molecule has 2 aromatic carbocycles. The fourth-order valence-corrected chi connectivity index (χ4v) is 2.91. The van der Waals surface area contributed by atoms with E-state index >= 15 is 0 Å². The lowest BCUT2D eigenvalue weighted by Gasteiger charge is -2.16. The van der Waals surface area contributed by atoms with Crippen LogP contribution in [0.3, 0.4) is 0 Å². The van der Waals surface area contributed by atoms with Gasteiger partial charge < -0.3 is 20.7 Å². The van der Waals surface area contributed by atoms with Crippen molar-refractivity contribution >= 4 is 34.8 Å². The monoisotopic (exact) mass is 367 g/mol. The summed E-state index contributed by atoms with van der Waals surface area (Å²) in [7, 11) is 0. The van der Waals surface area contributed by atoms with Gasteiger partial charge in [0, 0.05) is 30.0 Å². The van der Waals surface area contributed by atoms with Gasteiger partial charge in [-0.25, -0.2) is 4.79 Å². The van der Waals surface area contributed by atoms with E-state index in [-0.39, 0.29) is 11.5 Å². The van der Waals surface area contributed by atoms with E-state index in [0.29, 0.717) is 24.3 Å². The van der Waals surface area contributed by atoms with Crippen molar-refractivity contribution in [3.05, 3.63) is 53.6 Å². The van der Waals surface area contributed by atoms with Crippen LogP contribution in [0.1, 0.15) is 28.8 Å². The Hall–Kier alpha value is -3.35. The number of anilines is 3. The van der Waals surface area contributed by atoms with Crippen LogP contribution in [0.25, 0.3) is 0 Å². The summed E-state index contributed by atoms with van der Waals surface area (Å²) in [5.41, 5.74) is 8.57. The lowest BCUT2D eigenvalue weighted by molar-refractivity contribution is -0.119. The highest BCUT2D eigenvalue weighted by atomic mass is 16.5. The van der Waals surface area contributed by atoms with Crippen LogP contribution < -0.4 is 16.0 Å². The number of rotatable bonds is 5. The second kappa shape index (κ2) is 7.90. The van der Waals surface area contributed by atoms with Crippen LogP contribution in [0.5, 0.6) is 0 Å². The maximum absolute atomic E-state index is 12.1. The van der Waals surface area contributed by atoms with Crippen LogP contribution >= 0.6 is 0 Å². The number of nitrogens with two attached hydrogens (primary N) is 1. The summed E-state index contributed by atoms with van der Waals surface area (Å²) in [5.74, 6) is -0.997. The molecule has 27 heavy (non-hydrogen) atoms. The summed E-state index contributed by atoms with van der Waals surface area (Å²) >= 11 is 0. The SMILES string of the molecule is Cc1cccc(C(=O)OCC(=O)Nc2ccc(N3CCCC3=O)cc2)c1N. The highest BCUT2D eigenvalue weighted by Gasteiger charge is 2.21. The molecular formula is C20H21N3O4. The zero-order valence-electron chi connectivity index (χ0n) is 15.0. The van der Waals surface area contributed by atoms with Gasteiger partial charge in [-0.3, -0.25) is 9.59 Å². The molecule has 0 radical (unpaired) electrons. The van der Waals surface area contributed by atoms with Crippen molar-refractivity contribution in [3.8, 4) is 0 Å². The second-order valence-electron chi connectivity index (χ2n) is 6.36. The van der Waals surface area contributed by atoms with E-state index < -0.39 is 18.5 Å². The zero-order valence-corrected chi connectivity index (χ0v) is 15.0. The van der Waals surface area contributed by atoms with E-state index in [0.717, 1.165) is 17.7 Å². The highest BCUT2D eigenvalue weighted by molar-refractivity contribution is 5.99. The number of hydrogen-bond acceptors (Lipinski definition) is 5. The largest absolute Gasteiger partial charge is 0.452 e. The molecule has 0 atom stereocenters. The molecule has 3 rings (SSSR count). The predicted octanol–water partition coefficient (Wildman–Crippen LogP) is 2.50. The van der Waals surface area contributed by atoms with Gasteiger partial charge in [0.2, 0.25) is 5.91 Å². The summed E-state index contributed by atoms with van der Waals surface area (Å²) in [6, 6.07) is 12.0. The molecule has 0 aliphatic carbocycles. The Kier molecular flexibility index (Phi) is 5.40. The molecule has 0 unspecified atom stereocenters. The van der Waals surface area contributed by atoms with Crippen molar-refractivity contribution in [2.45, 2.75) is 19.8 Å². The first kappa shape index (κ1) is 18.4. The van der Waals surface area contributed by atoms with Crippen molar-refractivity contribution in [1.29, 1.82) is 0 Å². The smallest absolute Gasteiger partial charge is 0.340 e. The minimum atomic E-state index is -0.644. The maximum Gasteiger partial charge on any atom is 0.340 e. The van der Waals surface area contributed by atoms with Crippen LogP contribution in [-0.2, 0) is 14.3 Å². The zero-order chi connectivity index (χ0) is 19.4. The molecule has 1 fully saturated rings. The predicted molar refractivity (Wildman–Crippen MR) is 103 cm³/mol. The Balaban J connectivity index is 1.54. The van der Waals surface area contributed by atoms with Crippen LogP contribution in [0.15, 0.2) is 42.5 Å². The van der Waals surface area contributed by atoms with Gasteiger partial charge >= 0.3 is 5.97 Å².